The van der Waals surface area contributed by atoms with Gasteiger partial charge < -0.3 is 10.4 Å². The second-order valence-corrected chi connectivity index (χ2v) is 7.00. The first-order valence-electron chi connectivity index (χ1n) is 8.31. The van der Waals surface area contributed by atoms with Crippen molar-refractivity contribution in [1.82, 2.24) is 0 Å². The molecule has 0 fully saturated rings. The monoisotopic (exact) mass is 442 g/mol. The maximum atomic E-state index is 14.6. The van der Waals surface area contributed by atoms with Crippen molar-refractivity contribution in [3.63, 3.8) is 0 Å². The molecule has 5 nitrogen and oxygen atoms in total. The van der Waals surface area contributed by atoms with Crippen LogP contribution in [0, 0.1) is 12.7 Å². The molecule has 0 heterocycles. The zero-order valence-corrected chi connectivity index (χ0v) is 16.4. The first-order valence-corrected chi connectivity index (χ1v) is 9.11. The molecule has 0 radical (unpaired) electrons. The number of benzene rings is 3. The fraction of sp³-hybridized carbons (Fsp3) is 0.0476. The van der Waals surface area contributed by atoms with Gasteiger partial charge in [0.05, 0.1) is 16.9 Å². The molecular formula is C21H16BrFN2O3. The molecule has 0 aromatic heterocycles. The smallest absolute Gasteiger partial charge is 0.409 e. The van der Waals surface area contributed by atoms with Crippen LogP contribution in [0.4, 0.5) is 26.2 Å². The minimum atomic E-state index is -1.22. The van der Waals surface area contributed by atoms with E-state index in [0.717, 1.165) is 5.56 Å². The molecule has 3 rings (SSSR count). The number of carbonyl (C=O) groups is 2. The van der Waals surface area contributed by atoms with Crippen LogP contribution in [0.2, 0.25) is 0 Å². The summed E-state index contributed by atoms with van der Waals surface area (Å²) in [7, 11) is 0. The van der Waals surface area contributed by atoms with Crippen molar-refractivity contribution in [2.24, 2.45) is 0 Å². The first kappa shape index (κ1) is 19.6. The van der Waals surface area contributed by atoms with Crippen LogP contribution in [0.5, 0.6) is 0 Å². The number of carboxylic acid groups (broad SMARTS) is 1. The van der Waals surface area contributed by atoms with Gasteiger partial charge in [-0.25, -0.2) is 9.18 Å². The van der Waals surface area contributed by atoms with Gasteiger partial charge in [-0.1, -0.05) is 40.2 Å². The fourth-order valence-electron chi connectivity index (χ4n) is 2.75. The predicted molar refractivity (Wildman–Crippen MR) is 110 cm³/mol. The summed E-state index contributed by atoms with van der Waals surface area (Å²) < 4.78 is 15.3. The summed E-state index contributed by atoms with van der Waals surface area (Å²) in [5.74, 6) is -1.05. The van der Waals surface area contributed by atoms with Crippen molar-refractivity contribution >= 4 is 44.9 Å². The molecule has 0 spiro atoms. The zero-order valence-electron chi connectivity index (χ0n) is 14.8. The van der Waals surface area contributed by atoms with Crippen LogP contribution in [0.25, 0.3) is 0 Å². The van der Waals surface area contributed by atoms with Gasteiger partial charge in [0, 0.05) is 15.7 Å². The topological polar surface area (TPSA) is 78.4 Å². The van der Waals surface area contributed by atoms with Gasteiger partial charge in [-0.15, -0.1) is 0 Å². The highest BCUT2D eigenvalue weighted by atomic mass is 79.9. The number of hydrogen-bond donors (Lipinski definition) is 3. The van der Waals surface area contributed by atoms with Crippen molar-refractivity contribution in [3.05, 3.63) is 87.6 Å². The van der Waals surface area contributed by atoms with Crippen LogP contribution in [-0.2, 0) is 0 Å². The molecular weight excluding hydrogens is 427 g/mol. The molecule has 3 aromatic carbocycles. The number of hydrogen-bond acceptors (Lipinski definition) is 3. The Hall–Kier alpha value is -3.19. The van der Waals surface area contributed by atoms with Crippen molar-refractivity contribution in [2.75, 3.05) is 10.6 Å². The molecule has 0 unspecified atom stereocenters. The summed E-state index contributed by atoms with van der Waals surface area (Å²) in [6.45, 7) is 1.80. The van der Waals surface area contributed by atoms with Crippen molar-refractivity contribution in [2.45, 2.75) is 6.92 Å². The molecule has 0 aliphatic carbocycles. The highest BCUT2D eigenvalue weighted by Gasteiger charge is 2.16. The second-order valence-electron chi connectivity index (χ2n) is 6.08. The Bertz CT molecular complexity index is 1070. The average molecular weight is 443 g/mol. The molecule has 0 aliphatic heterocycles. The van der Waals surface area contributed by atoms with Crippen LogP contribution in [0.15, 0.2) is 65.1 Å². The van der Waals surface area contributed by atoms with Crippen LogP contribution >= 0.6 is 15.9 Å². The van der Waals surface area contributed by atoms with Gasteiger partial charge >= 0.3 is 6.09 Å². The van der Waals surface area contributed by atoms with E-state index < -0.39 is 11.9 Å². The molecule has 0 saturated carbocycles. The third kappa shape index (κ3) is 4.37. The molecule has 3 aromatic rings. The number of rotatable bonds is 5. The van der Waals surface area contributed by atoms with Crippen molar-refractivity contribution in [3.8, 4) is 0 Å². The lowest BCUT2D eigenvalue weighted by Crippen LogP contribution is -2.09. The van der Waals surface area contributed by atoms with E-state index in [0.29, 0.717) is 27.1 Å². The molecule has 0 saturated heterocycles. The third-order valence-electron chi connectivity index (χ3n) is 4.11. The van der Waals surface area contributed by atoms with E-state index in [1.54, 1.807) is 49.4 Å². The highest BCUT2D eigenvalue weighted by molar-refractivity contribution is 9.10. The van der Waals surface area contributed by atoms with Gasteiger partial charge in [0.15, 0.2) is 5.78 Å². The molecule has 3 N–H and O–H groups in total. The molecule has 1 amide bonds. The predicted octanol–water partition coefficient (Wildman–Crippen LogP) is 5.96. The van der Waals surface area contributed by atoms with E-state index in [-0.39, 0.29) is 11.3 Å². The average Bonchev–Trinajstić information content (AvgIpc) is 2.63. The van der Waals surface area contributed by atoms with Gasteiger partial charge in [-0.2, -0.15) is 0 Å². The van der Waals surface area contributed by atoms with Gasteiger partial charge in [-0.3, -0.25) is 10.1 Å². The molecule has 142 valence electrons. The summed E-state index contributed by atoms with van der Waals surface area (Å²) in [6.07, 6.45) is -1.22. The lowest BCUT2D eigenvalue weighted by Gasteiger charge is -2.13. The number of anilines is 3. The minimum Gasteiger partial charge on any atom is -0.465 e. The SMILES string of the molecule is Cc1ccccc1C(=O)c1ccc(Nc2ccc(Br)cc2NC(=O)O)cc1F. The van der Waals surface area contributed by atoms with E-state index in [2.05, 4.69) is 26.6 Å². The Morgan fingerprint density at radius 2 is 1.71 bits per heavy atom. The number of carbonyl (C=O) groups excluding carboxylic acids is 1. The molecule has 0 atom stereocenters. The van der Waals surface area contributed by atoms with E-state index in [1.807, 2.05) is 6.07 Å². The van der Waals surface area contributed by atoms with Crippen LogP contribution in [-0.4, -0.2) is 17.0 Å². The van der Waals surface area contributed by atoms with E-state index in [1.165, 1.54) is 12.1 Å². The highest BCUT2D eigenvalue weighted by Crippen LogP contribution is 2.30. The van der Waals surface area contributed by atoms with Crippen molar-refractivity contribution in [1.29, 1.82) is 0 Å². The summed E-state index contributed by atoms with van der Waals surface area (Å²) in [4.78, 5) is 23.6. The Morgan fingerprint density at radius 1 is 0.964 bits per heavy atom. The molecule has 0 aliphatic rings. The van der Waals surface area contributed by atoms with Crippen LogP contribution in [0.1, 0.15) is 21.5 Å². The lowest BCUT2D eigenvalue weighted by molar-refractivity contribution is 0.103. The Balaban J connectivity index is 1.89. The van der Waals surface area contributed by atoms with Gasteiger partial charge in [0.2, 0.25) is 0 Å². The van der Waals surface area contributed by atoms with Crippen molar-refractivity contribution < 1.29 is 19.1 Å². The molecule has 28 heavy (non-hydrogen) atoms. The number of nitrogens with one attached hydrogen (secondary N) is 2. The standard InChI is InChI=1S/C21H16BrFN2O3/c1-12-4-2-3-5-15(12)20(26)16-8-7-14(11-17(16)23)24-18-9-6-13(22)10-19(18)25-21(27)28/h2-11,24-25H,1H3,(H,27,28). The summed E-state index contributed by atoms with van der Waals surface area (Å²) >= 11 is 3.28. The minimum absolute atomic E-state index is 0.0282. The maximum absolute atomic E-state index is 14.6. The maximum Gasteiger partial charge on any atom is 0.409 e. The van der Waals surface area contributed by atoms with Gasteiger partial charge in [-0.05, 0) is 48.9 Å². The number of ketones is 1. The first-order chi connectivity index (χ1) is 13.3. The fourth-order valence-corrected chi connectivity index (χ4v) is 3.11. The Morgan fingerprint density at radius 3 is 2.39 bits per heavy atom. The summed E-state index contributed by atoms with van der Waals surface area (Å²) in [6, 6.07) is 16.2. The third-order valence-corrected chi connectivity index (χ3v) is 4.60. The van der Waals surface area contributed by atoms with Crippen LogP contribution in [0.3, 0.4) is 0 Å². The van der Waals surface area contributed by atoms with Gasteiger partial charge in [0.1, 0.15) is 5.82 Å². The quantitative estimate of drug-likeness (QED) is 0.425. The second kappa shape index (κ2) is 8.22. The zero-order chi connectivity index (χ0) is 20.3. The normalized spacial score (nSPS) is 10.4. The van der Waals surface area contributed by atoms with Crippen LogP contribution < -0.4 is 10.6 Å². The molecule has 7 heteroatoms. The summed E-state index contributed by atoms with van der Waals surface area (Å²) in [5.41, 5.74) is 2.33. The van der Waals surface area contributed by atoms with E-state index >= 15 is 0 Å². The number of halogens is 2. The van der Waals surface area contributed by atoms with E-state index in [9.17, 15) is 14.0 Å². The van der Waals surface area contributed by atoms with Gasteiger partial charge in [0.25, 0.3) is 0 Å². The van der Waals surface area contributed by atoms with E-state index in [4.69, 9.17) is 5.11 Å². The molecule has 0 bridgehead atoms. The number of amides is 1. The summed E-state index contributed by atoms with van der Waals surface area (Å²) in [5, 5.41) is 14.2. The Kier molecular flexibility index (Phi) is 5.75. The number of aryl methyl sites for hydroxylation is 1. The lowest BCUT2D eigenvalue weighted by atomic mass is 9.98. The Labute approximate surface area is 169 Å². The largest absolute Gasteiger partial charge is 0.465 e.